The van der Waals surface area contributed by atoms with Gasteiger partial charge in [0.25, 0.3) is 0 Å². The van der Waals surface area contributed by atoms with E-state index in [1.165, 1.54) is 0 Å². The van der Waals surface area contributed by atoms with Gasteiger partial charge >= 0.3 is 0 Å². The Hall–Kier alpha value is -0.100. The van der Waals surface area contributed by atoms with Crippen LogP contribution in [0.2, 0.25) is 0 Å². The van der Waals surface area contributed by atoms with Crippen molar-refractivity contribution >= 4 is 24.7 Å². The largest absolute Gasteiger partial charge is 0.630 e. The van der Waals surface area contributed by atoms with E-state index < -0.39 is 7.77 Å². The predicted molar refractivity (Wildman–Crippen MR) is 45.8 cm³/mol. The first-order valence-corrected chi connectivity index (χ1v) is 5.13. The topological polar surface area (TPSA) is 23.1 Å². The van der Waals surface area contributed by atoms with E-state index in [0.29, 0.717) is 0 Å². The van der Waals surface area contributed by atoms with Crippen LogP contribution in [0.4, 0.5) is 0 Å². The summed E-state index contributed by atoms with van der Waals surface area (Å²) in [6.07, 6.45) is 7.36. The Morgan fingerprint density at radius 3 is 2.70 bits per heavy atom. The molecule has 1 rings (SSSR count). The molecule has 0 heterocycles. The summed E-state index contributed by atoms with van der Waals surface area (Å²) in [5.74, 6) is 0. The van der Waals surface area contributed by atoms with Gasteiger partial charge in [-0.15, -0.1) is 11.6 Å². The highest BCUT2D eigenvalue weighted by Crippen LogP contribution is 2.18. The van der Waals surface area contributed by atoms with Crippen LogP contribution in [0.1, 0.15) is 0 Å². The SMILES string of the molecule is C[P+]([O-])=C1C=CC=CC1Cl. The summed E-state index contributed by atoms with van der Waals surface area (Å²) in [7, 11) is -1.26. The van der Waals surface area contributed by atoms with E-state index in [0.717, 1.165) is 5.29 Å². The Balaban J connectivity index is 2.91. The zero-order valence-corrected chi connectivity index (χ0v) is 7.27. The quantitative estimate of drug-likeness (QED) is 0.401. The minimum absolute atomic E-state index is 0.168. The first kappa shape index (κ1) is 8.00. The van der Waals surface area contributed by atoms with Gasteiger partial charge in [-0.05, 0) is 6.08 Å². The van der Waals surface area contributed by atoms with E-state index in [2.05, 4.69) is 0 Å². The van der Waals surface area contributed by atoms with E-state index in [1.807, 2.05) is 24.3 Å². The second-order valence-corrected chi connectivity index (χ2v) is 4.05. The zero-order valence-electron chi connectivity index (χ0n) is 5.62. The summed E-state index contributed by atoms with van der Waals surface area (Å²) < 4.78 is 0. The van der Waals surface area contributed by atoms with Gasteiger partial charge in [0, 0.05) is 0 Å². The average Bonchev–Trinajstić information content (AvgIpc) is 1.88. The van der Waals surface area contributed by atoms with Gasteiger partial charge in [-0.25, -0.2) is 0 Å². The van der Waals surface area contributed by atoms with E-state index in [9.17, 15) is 4.89 Å². The van der Waals surface area contributed by atoms with Crippen molar-refractivity contribution in [3.05, 3.63) is 24.3 Å². The molecule has 0 saturated heterocycles. The molecule has 10 heavy (non-hydrogen) atoms. The summed E-state index contributed by atoms with van der Waals surface area (Å²) in [6, 6.07) is 0. The van der Waals surface area contributed by atoms with Crippen LogP contribution < -0.4 is 4.89 Å². The molecular formula is C7H8ClOP. The number of hydrogen-bond acceptors (Lipinski definition) is 1. The molecule has 1 aliphatic carbocycles. The number of allylic oxidation sites excluding steroid dienone is 4. The van der Waals surface area contributed by atoms with Gasteiger partial charge in [-0.3, -0.25) is 0 Å². The van der Waals surface area contributed by atoms with Gasteiger partial charge in [-0.2, -0.15) is 0 Å². The standard InChI is InChI=1S/C7H8ClOP/c1-10(9)7-5-3-2-4-6(7)8/h2-6H,1H3. The molecule has 0 amide bonds. The van der Waals surface area contributed by atoms with Crippen LogP contribution in [0.3, 0.4) is 0 Å². The fourth-order valence-corrected chi connectivity index (χ4v) is 2.08. The van der Waals surface area contributed by atoms with Crippen LogP contribution in [0, 0.1) is 0 Å². The molecule has 0 saturated carbocycles. The summed E-state index contributed by atoms with van der Waals surface area (Å²) in [6.45, 7) is 1.67. The fourth-order valence-electron chi connectivity index (χ4n) is 0.785. The Bertz CT molecular complexity index is 214. The van der Waals surface area contributed by atoms with Crippen molar-refractivity contribution in [2.75, 3.05) is 6.66 Å². The molecule has 1 aliphatic rings. The molecule has 0 aromatic carbocycles. The second-order valence-electron chi connectivity index (χ2n) is 2.07. The van der Waals surface area contributed by atoms with Crippen LogP contribution in [0.5, 0.6) is 0 Å². The van der Waals surface area contributed by atoms with Crippen molar-refractivity contribution in [3.63, 3.8) is 0 Å². The summed E-state index contributed by atoms with van der Waals surface area (Å²) in [5, 5.41) is 0.651. The van der Waals surface area contributed by atoms with Crippen molar-refractivity contribution in [2.45, 2.75) is 5.38 Å². The average molecular weight is 175 g/mol. The van der Waals surface area contributed by atoms with Gasteiger partial charge in [0.15, 0.2) is 0 Å². The highest BCUT2D eigenvalue weighted by Gasteiger charge is 2.13. The Kier molecular flexibility index (Phi) is 2.67. The van der Waals surface area contributed by atoms with Gasteiger partial charge in [0.05, 0.1) is 14.4 Å². The summed E-state index contributed by atoms with van der Waals surface area (Å²) >= 11 is 5.82. The molecule has 0 aromatic heterocycles. The molecule has 2 unspecified atom stereocenters. The summed E-state index contributed by atoms with van der Waals surface area (Å²) in [5.41, 5.74) is 0. The Labute approximate surface area is 66.5 Å². The first-order chi connectivity index (χ1) is 4.72. The monoisotopic (exact) mass is 174 g/mol. The number of rotatable bonds is 0. The van der Waals surface area contributed by atoms with Crippen LogP contribution in [0.15, 0.2) is 24.3 Å². The highest BCUT2D eigenvalue weighted by molar-refractivity contribution is 7.52. The zero-order chi connectivity index (χ0) is 7.56. The molecule has 0 fully saturated rings. The van der Waals surface area contributed by atoms with Crippen molar-refractivity contribution < 1.29 is 4.89 Å². The maximum absolute atomic E-state index is 11.0. The number of halogens is 1. The van der Waals surface area contributed by atoms with Gasteiger partial charge in [0.2, 0.25) is 0 Å². The van der Waals surface area contributed by atoms with Crippen LogP contribution in [0.25, 0.3) is 0 Å². The van der Waals surface area contributed by atoms with Crippen molar-refractivity contribution in [3.8, 4) is 0 Å². The maximum Gasteiger partial charge on any atom is 0.138 e. The van der Waals surface area contributed by atoms with E-state index >= 15 is 0 Å². The van der Waals surface area contributed by atoms with E-state index in [-0.39, 0.29) is 5.38 Å². The number of hydrogen-bond donors (Lipinski definition) is 0. The third kappa shape index (κ3) is 1.69. The maximum atomic E-state index is 11.0. The molecule has 0 bridgehead atoms. The molecule has 0 spiro atoms. The molecule has 3 heteroatoms. The first-order valence-electron chi connectivity index (χ1n) is 2.98. The van der Waals surface area contributed by atoms with Crippen molar-refractivity contribution in [2.24, 2.45) is 0 Å². The van der Waals surface area contributed by atoms with E-state index in [1.54, 1.807) is 6.66 Å². The van der Waals surface area contributed by atoms with Crippen LogP contribution in [-0.2, 0) is 0 Å². The molecule has 54 valence electrons. The van der Waals surface area contributed by atoms with Crippen LogP contribution >= 0.6 is 19.4 Å². The smallest absolute Gasteiger partial charge is 0.138 e. The minimum atomic E-state index is -1.26. The van der Waals surface area contributed by atoms with Crippen LogP contribution in [-0.4, -0.2) is 17.3 Å². The van der Waals surface area contributed by atoms with Crippen molar-refractivity contribution in [1.82, 2.24) is 0 Å². The lowest BCUT2D eigenvalue weighted by atomic mass is 10.2. The molecular weight excluding hydrogens is 167 g/mol. The molecule has 1 nitrogen and oxygen atoms in total. The fraction of sp³-hybridized carbons (Fsp3) is 0.286. The molecule has 2 atom stereocenters. The highest BCUT2D eigenvalue weighted by atomic mass is 35.5. The van der Waals surface area contributed by atoms with Gasteiger partial charge in [-0.1, -0.05) is 18.2 Å². The number of alkyl halides is 1. The predicted octanol–water partition coefficient (Wildman–Crippen LogP) is 1.28. The van der Waals surface area contributed by atoms with Gasteiger partial charge in [0.1, 0.15) is 10.7 Å². The minimum Gasteiger partial charge on any atom is -0.630 e. The lowest BCUT2D eigenvalue weighted by Crippen LogP contribution is -2.13. The summed E-state index contributed by atoms with van der Waals surface area (Å²) in [4.78, 5) is 11.0. The van der Waals surface area contributed by atoms with E-state index in [4.69, 9.17) is 11.6 Å². The second kappa shape index (κ2) is 3.34. The molecule has 0 radical (unpaired) electrons. The third-order valence-corrected chi connectivity index (χ3v) is 2.99. The lowest BCUT2D eigenvalue weighted by Gasteiger charge is -2.05. The van der Waals surface area contributed by atoms with Gasteiger partial charge < -0.3 is 4.89 Å². The normalized spacial score (nSPS) is 28.9. The lowest BCUT2D eigenvalue weighted by molar-refractivity contribution is -0.151. The third-order valence-electron chi connectivity index (χ3n) is 1.30. The van der Waals surface area contributed by atoms with Crippen molar-refractivity contribution in [1.29, 1.82) is 0 Å². The molecule has 0 aliphatic heterocycles. The molecule has 0 aromatic rings. The Morgan fingerprint density at radius 2 is 2.30 bits per heavy atom. The molecule has 0 N–H and O–H groups in total. The Morgan fingerprint density at radius 1 is 1.60 bits per heavy atom.